The number of anilines is 1. The number of halogens is 2. The molecule has 10 heteroatoms. The topological polar surface area (TPSA) is 107 Å². The molecule has 2 aromatic rings. The number of aromatic nitrogens is 1. The smallest absolute Gasteiger partial charge is 0.449 e. The molecule has 2 atom stereocenters. The normalized spacial score (nSPS) is 22.1. The van der Waals surface area contributed by atoms with Crippen molar-refractivity contribution in [1.29, 1.82) is 0 Å². The molecule has 2 aliphatic rings. The molecule has 2 heterocycles. The minimum atomic E-state index is -1.61. The molecule has 8 nitrogen and oxygen atoms in total. The number of pyridine rings is 1. The molecule has 1 saturated heterocycles. The second-order valence-electron chi connectivity index (χ2n) is 7.09. The van der Waals surface area contributed by atoms with Gasteiger partial charge in [-0.3, -0.25) is 4.79 Å². The molecule has 0 radical (unpaired) electrons. The number of benzene rings is 1. The quantitative estimate of drug-likeness (QED) is 0.743. The lowest BCUT2D eigenvalue weighted by atomic mass is 10.1. The van der Waals surface area contributed by atoms with Gasteiger partial charge in [-0.25, -0.2) is 9.18 Å². The number of hydrogen-bond acceptors (Lipinski definition) is 6. The van der Waals surface area contributed by atoms with Gasteiger partial charge in [0, 0.05) is 26.2 Å². The van der Waals surface area contributed by atoms with Crippen molar-refractivity contribution in [2.75, 3.05) is 25.1 Å². The summed E-state index contributed by atoms with van der Waals surface area (Å²) >= 11 is 6.59. The zero-order chi connectivity index (χ0) is 20.2. The molecule has 1 aromatic carbocycles. The molecular formula is C18H19ClFN3O5. The number of fused-ring (bicyclic) bond motifs is 1. The number of carbonyl (C=O) groups is 1. The van der Waals surface area contributed by atoms with Crippen molar-refractivity contribution in [3.8, 4) is 5.75 Å². The largest absolute Gasteiger partial charge is 0.511 e. The molecule has 4 rings (SSSR count). The standard InChI is InChI=1S/C18H19ClFN3O5/c1-27-12-6-22(5-11(12)21)16-10(20)4-9-15(14(16)19)23(8-2-3-8)7-13(17(9)24)28-18(25)26/h4,7-8,11-12H,2-3,5-6,21H2,1H3,(H,25,26)/t11-,12+/m0/s1. The van der Waals surface area contributed by atoms with Gasteiger partial charge in [0.2, 0.25) is 5.43 Å². The number of ether oxygens (including phenoxy) is 2. The highest BCUT2D eigenvalue weighted by atomic mass is 35.5. The van der Waals surface area contributed by atoms with Crippen molar-refractivity contribution in [1.82, 2.24) is 4.57 Å². The van der Waals surface area contributed by atoms with E-state index in [-0.39, 0.29) is 40.0 Å². The Hall–Kier alpha value is -2.36. The van der Waals surface area contributed by atoms with Crippen molar-refractivity contribution in [2.24, 2.45) is 5.73 Å². The Balaban J connectivity index is 1.92. The molecule has 0 amide bonds. The van der Waals surface area contributed by atoms with Gasteiger partial charge >= 0.3 is 6.16 Å². The van der Waals surface area contributed by atoms with E-state index in [1.54, 1.807) is 16.6 Å². The van der Waals surface area contributed by atoms with Crippen LogP contribution in [-0.2, 0) is 4.74 Å². The number of nitrogens with two attached hydrogens (primary N) is 1. The average molecular weight is 412 g/mol. The zero-order valence-corrected chi connectivity index (χ0v) is 15.8. The van der Waals surface area contributed by atoms with Crippen LogP contribution in [0.5, 0.6) is 5.75 Å². The third-order valence-corrected chi connectivity index (χ3v) is 5.57. The summed E-state index contributed by atoms with van der Waals surface area (Å²) in [6.45, 7) is 0.724. The minimum Gasteiger partial charge on any atom is -0.449 e. The van der Waals surface area contributed by atoms with E-state index < -0.39 is 17.4 Å². The van der Waals surface area contributed by atoms with Crippen molar-refractivity contribution in [2.45, 2.75) is 31.0 Å². The Labute approximate surface area is 164 Å². The maximum atomic E-state index is 15.0. The van der Waals surface area contributed by atoms with Crippen LogP contribution in [0.1, 0.15) is 18.9 Å². The van der Waals surface area contributed by atoms with E-state index in [1.807, 2.05) is 0 Å². The van der Waals surface area contributed by atoms with Crippen molar-refractivity contribution in [3.05, 3.63) is 33.3 Å². The third-order valence-electron chi connectivity index (χ3n) is 5.22. The predicted octanol–water partition coefficient (Wildman–Crippen LogP) is 2.35. The van der Waals surface area contributed by atoms with Crippen LogP contribution in [-0.4, -0.2) is 48.2 Å². The number of nitrogens with zero attached hydrogens (tertiary/aromatic N) is 2. The second-order valence-corrected chi connectivity index (χ2v) is 7.47. The van der Waals surface area contributed by atoms with E-state index >= 15 is 4.39 Å². The maximum Gasteiger partial charge on any atom is 0.511 e. The van der Waals surface area contributed by atoms with Gasteiger partial charge in [0.1, 0.15) is 5.82 Å². The van der Waals surface area contributed by atoms with Crippen LogP contribution >= 0.6 is 11.6 Å². The van der Waals surface area contributed by atoms with Crippen molar-refractivity contribution in [3.63, 3.8) is 0 Å². The van der Waals surface area contributed by atoms with E-state index in [9.17, 15) is 9.59 Å². The van der Waals surface area contributed by atoms with Gasteiger partial charge in [0.15, 0.2) is 5.75 Å². The van der Waals surface area contributed by atoms with Gasteiger partial charge in [-0.15, -0.1) is 0 Å². The molecule has 28 heavy (non-hydrogen) atoms. The molecular weight excluding hydrogens is 393 g/mol. The summed E-state index contributed by atoms with van der Waals surface area (Å²) in [6.07, 6.45) is 1.14. The summed E-state index contributed by atoms with van der Waals surface area (Å²) in [5.74, 6) is -1.06. The summed E-state index contributed by atoms with van der Waals surface area (Å²) in [5, 5.41) is 8.94. The SMILES string of the molecule is CO[C@@H]1CN(c2c(F)cc3c(=O)c(OC(=O)O)cn(C4CC4)c3c2Cl)C[C@@H]1N. The van der Waals surface area contributed by atoms with E-state index in [4.69, 9.17) is 27.2 Å². The van der Waals surface area contributed by atoms with E-state index in [1.165, 1.54) is 6.20 Å². The summed E-state index contributed by atoms with van der Waals surface area (Å²) in [4.78, 5) is 25.3. The maximum absolute atomic E-state index is 15.0. The van der Waals surface area contributed by atoms with Crippen LogP contribution in [0.3, 0.4) is 0 Å². The Kier molecular flexibility index (Phi) is 4.68. The lowest BCUT2D eigenvalue weighted by Crippen LogP contribution is -2.34. The fourth-order valence-corrected chi connectivity index (χ4v) is 4.14. The van der Waals surface area contributed by atoms with Gasteiger partial charge in [-0.2, -0.15) is 0 Å². The van der Waals surface area contributed by atoms with Gasteiger partial charge in [-0.05, 0) is 18.9 Å². The highest BCUT2D eigenvalue weighted by Gasteiger charge is 2.35. The number of carboxylic acid groups (broad SMARTS) is 1. The Morgan fingerprint density at radius 3 is 2.68 bits per heavy atom. The van der Waals surface area contributed by atoms with Crippen molar-refractivity contribution < 1.29 is 23.8 Å². The average Bonchev–Trinajstić information content (AvgIpc) is 3.40. The molecule has 0 unspecified atom stereocenters. The van der Waals surface area contributed by atoms with E-state index in [0.717, 1.165) is 18.9 Å². The monoisotopic (exact) mass is 411 g/mol. The van der Waals surface area contributed by atoms with Crippen LogP contribution in [0.15, 0.2) is 17.1 Å². The minimum absolute atomic E-state index is 0.0244. The van der Waals surface area contributed by atoms with E-state index in [0.29, 0.717) is 18.6 Å². The molecule has 0 bridgehead atoms. The first-order valence-corrected chi connectivity index (χ1v) is 9.20. The van der Waals surface area contributed by atoms with Crippen LogP contribution in [0, 0.1) is 5.82 Å². The highest BCUT2D eigenvalue weighted by Crippen LogP contribution is 2.43. The Morgan fingerprint density at radius 2 is 2.11 bits per heavy atom. The third kappa shape index (κ3) is 3.09. The molecule has 2 fully saturated rings. The molecule has 1 saturated carbocycles. The summed E-state index contributed by atoms with van der Waals surface area (Å²) in [6, 6.07) is 0.828. The first kappa shape index (κ1) is 19.0. The Bertz CT molecular complexity index is 1020. The molecule has 1 aliphatic heterocycles. The molecule has 1 aromatic heterocycles. The summed E-state index contributed by atoms with van der Waals surface area (Å²) in [7, 11) is 1.54. The van der Waals surface area contributed by atoms with Gasteiger partial charge in [0.05, 0.1) is 40.0 Å². The second kappa shape index (κ2) is 6.91. The van der Waals surface area contributed by atoms with Crippen LogP contribution in [0.4, 0.5) is 14.9 Å². The summed E-state index contributed by atoms with van der Waals surface area (Å²) in [5.41, 5.74) is 5.84. The van der Waals surface area contributed by atoms with Gasteiger partial charge < -0.3 is 29.8 Å². The molecule has 150 valence electrons. The van der Waals surface area contributed by atoms with E-state index in [2.05, 4.69) is 4.74 Å². The lowest BCUT2D eigenvalue weighted by molar-refractivity contribution is 0.108. The fourth-order valence-electron chi connectivity index (χ4n) is 3.73. The number of hydrogen-bond donors (Lipinski definition) is 2. The molecule has 1 aliphatic carbocycles. The van der Waals surface area contributed by atoms with Crippen LogP contribution in [0.25, 0.3) is 10.9 Å². The summed E-state index contributed by atoms with van der Waals surface area (Å²) < 4.78 is 26.6. The fraction of sp³-hybridized carbons (Fsp3) is 0.444. The lowest BCUT2D eigenvalue weighted by Gasteiger charge is -2.23. The van der Waals surface area contributed by atoms with Crippen LogP contribution < -0.4 is 20.8 Å². The number of methoxy groups -OCH3 is 1. The first-order chi connectivity index (χ1) is 13.3. The van der Waals surface area contributed by atoms with Gasteiger partial charge in [0.25, 0.3) is 0 Å². The van der Waals surface area contributed by atoms with Gasteiger partial charge in [-0.1, -0.05) is 11.6 Å². The molecule has 0 spiro atoms. The van der Waals surface area contributed by atoms with Crippen LogP contribution in [0.2, 0.25) is 5.02 Å². The molecule has 3 N–H and O–H groups in total. The van der Waals surface area contributed by atoms with Crippen molar-refractivity contribution >= 4 is 34.3 Å². The number of rotatable bonds is 4. The Morgan fingerprint density at radius 1 is 1.39 bits per heavy atom. The highest BCUT2D eigenvalue weighted by molar-refractivity contribution is 6.38. The first-order valence-electron chi connectivity index (χ1n) is 8.82. The predicted molar refractivity (Wildman–Crippen MR) is 101 cm³/mol. The zero-order valence-electron chi connectivity index (χ0n) is 15.0.